The molecule has 14 nitrogen and oxygen atoms in total. The fourth-order valence-electron chi connectivity index (χ4n) is 2.08. The molecule has 0 aliphatic heterocycles. The Balaban J connectivity index is -0.000000319. The molecule has 0 aliphatic carbocycles. The number of amides is 2. The van der Waals surface area contributed by atoms with Gasteiger partial charge in [0, 0.05) is 27.2 Å². The van der Waals surface area contributed by atoms with Gasteiger partial charge >= 0.3 is 23.9 Å². The largest absolute Gasteiger partial charge is 0.480 e. The summed E-state index contributed by atoms with van der Waals surface area (Å²) in [7, 11) is 2.72. The molecule has 0 aromatic carbocycles. The number of likely N-dealkylation sites (N-methyl/N-ethyl adjacent to an activating group) is 3. The maximum atomic E-state index is 11.9. The number of carboxylic acid groups (broad SMARTS) is 4. The van der Waals surface area contributed by atoms with Crippen LogP contribution in [0.5, 0.6) is 0 Å². The zero-order valence-corrected chi connectivity index (χ0v) is 23.5. The molecule has 4 N–H and O–H groups in total. The van der Waals surface area contributed by atoms with Crippen molar-refractivity contribution in [2.45, 2.75) is 34.1 Å². The number of carbonyl (C=O) groups excluding carboxylic acids is 2. The Morgan fingerprint density at radius 1 is 0.703 bits per heavy atom. The Morgan fingerprint density at radius 2 is 1.08 bits per heavy atom. The molecule has 0 aromatic heterocycles. The van der Waals surface area contributed by atoms with Crippen LogP contribution in [0, 0.1) is 0 Å². The molecule has 0 saturated heterocycles. The lowest BCUT2D eigenvalue weighted by molar-refractivity contribution is -0.145. The third-order valence-electron chi connectivity index (χ3n) is 3.84. The van der Waals surface area contributed by atoms with E-state index < -0.39 is 42.9 Å². The second-order valence-corrected chi connectivity index (χ2v) is 7.60. The van der Waals surface area contributed by atoms with E-state index in [2.05, 4.69) is 19.6 Å². The molecule has 0 aliphatic rings. The maximum Gasteiger partial charge on any atom is 0.323 e. The smallest absolute Gasteiger partial charge is 0.323 e. The predicted molar refractivity (Wildman–Crippen MR) is 141 cm³/mol. The van der Waals surface area contributed by atoms with Gasteiger partial charge in [0.15, 0.2) is 0 Å². The maximum absolute atomic E-state index is 11.9. The van der Waals surface area contributed by atoms with Crippen molar-refractivity contribution in [1.29, 1.82) is 0 Å². The second-order valence-electron chi connectivity index (χ2n) is 7.15. The average Bonchev–Trinajstić information content (AvgIpc) is 2.81. The average molecular weight is 557 g/mol. The number of thiol groups is 1. The number of aliphatic carboxylic acids is 4. The Labute approximate surface area is 224 Å². The minimum absolute atomic E-state index is 0.176. The molecule has 2 amide bonds. The van der Waals surface area contributed by atoms with Gasteiger partial charge in [-0.15, -0.1) is 0 Å². The lowest BCUT2D eigenvalue weighted by Crippen LogP contribution is -2.45. The number of hydrogen-bond acceptors (Lipinski definition) is 9. The molecule has 0 unspecified atom stereocenters. The number of rotatable bonds is 16. The van der Waals surface area contributed by atoms with Crippen molar-refractivity contribution in [1.82, 2.24) is 19.6 Å². The van der Waals surface area contributed by atoms with Crippen LogP contribution in [-0.2, 0) is 28.8 Å². The highest BCUT2D eigenvalue weighted by atomic mass is 32.1. The van der Waals surface area contributed by atoms with Crippen LogP contribution in [-0.4, -0.2) is 148 Å². The van der Waals surface area contributed by atoms with E-state index in [0.29, 0.717) is 13.0 Å². The van der Waals surface area contributed by atoms with Gasteiger partial charge in [-0.3, -0.25) is 38.6 Å². The zero-order chi connectivity index (χ0) is 30.0. The van der Waals surface area contributed by atoms with Crippen LogP contribution >= 0.6 is 12.6 Å². The summed E-state index contributed by atoms with van der Waals surface area (Å²) in [5.41, 5.74) is 0. The van der Waals surface area contributed by atoms with E-state index in [0.717, 1.165) is 15.6 Å². The predicted octanol–water partition coefficient (Wildman–Crippen LogP) is -0.166. The van der Waals surface area contributed by atoms with Gasteiger partial charge in [-0.05, 0) is 18.7 Å². The van der Waals surface area contributed by atoms with E-state index in [1.54, 1.807) is 11.8 Å². The fourth-order valence-corrected chi connectivity index (χ4v) is 2.08. The van der Waals surface area contributed by atoms with Crippen molar-refractivity contribution in [3.8, 4) is 0 Å². The first-order valence-corrected chi connectivity index (χ1v) is 12.2. The first-order valence-electron chi connectivity index (χ1n) is 11.6. The molecule has 0 aromatic rings. The highest BCUT2D eigenvalue weighted by molar-refractivity contribution is 7.80. The summed E-state index contributed by atoms with van der Waals surface area (Å²) in [6.07, 6.45) is 1.65. The molecule has 0 heterocycles. The van der Waals surface area contributed by atoms with Crippen LogP contribution in [0.3, 0.4) is 0 Å². The minimum atomic E-state index is -1.16. The van der Waals surface area contributed by atoms with Gasteiger partial charge in [-0.25, -0.2) is 0 Å². The molecule has 0 saturated carbocycles. The minimum Gasteiger partial charge on any atom is -0.480 e. The van der Waals surface area contributed by atoms with Crippen LogP contribution in [0.4, 0.5) is 0 Å². The van der Waals surface area contributed by atoms with E-state index in [1.807, 2.05) is 13.8 Å². The molecule has 0 fully saturated rings. The summed E-state index contributed by atoms with van der Waals surface area (Å²) in [4.78, 5) is 68.5. The van der Waals surface area contributed by atoms with Gasteiger partial charge in [0.25, 0.3) is 0 Å². The van der Waals surface area contributed by atoms with Crippen molar-refractivity contribution in [2.24, 2.45) is 0 Å². The van der Waals surface area contributed by atoms with Gasteiger partial charge in [0.1, 0.15) is 13.1 Å². The SMILES string of the molecule is CC.CCCS.CCN(CCN(CC(=O)O)CC(=O)N(C)CC(=O)O)CC(=O)O.CN(C=O)CC(=O)O. The molecule has 0 spiro atoms. The van der Waals surface area contributed by atoms with Crippen molar-refractivity contribution in [3.05, 3.63) is 0 Å². The topological polar surface area (TPSA) is 196 Å². The van der Waals surface area contributed by atoms with Crippen molar-refractivity contribution in [2.75, 3.05) is 72.2 Å². The number of carbonyl (C=O) groups is 6. The molecule has 0 radical (unpaired) electrons. The summed E-state index contributed by atoms with van der Waals surface area (Å²) in [5, 5.41) is 34.3. The summed E-state index contributed by atoms with van der Waals surface area (Å²) >= 11 is 3.92. The first kappa shape index (κ1) is 41.2. The molecule has 0 bridgehead atoms. The van der Waals surface area contributed by atoms with E-state index in [1.165, 1.54) is 25.4 Å². The van der Waals surface area contributed by atoms with Crippen molar-refractivity contribution >= 4 is 48.8 Å². The number of nitrogens with zero attached hydrogens (tertiary/aromatic N) is 4. The first-order chi connectivity index (χ1) is 17.2. The Kier molecular flexibility index (Phi) is 30.8. The van der Waals surface area contributed by atoms with Crippen LogP contribution in [0.15, 0.2) is 0 Å². The van der Waals surface area contributed by atoms with Gasteiger partial charge in [0.2, 0.25) is 12.3 Å². The highest BCUT2D eigenvalue weighted by Gasteiger charge is 2.19. The zero-order valence-electron chi connectivity index (χ0n) is 22.6. The van der Waals surface area contributed by atoms with Gasteiger partial charge in [-0.2, -0.15) is 12.6 Å². The highest BCUT2D eigenvalue weighted by Crippen LogP contribution is 1.96. The molecule has 0 rings (SSSR count). The van der Waals surface area contributed by atoms with Gasteiger partial charge in [0.05, 0.1) is 19.6 Å². The van der Waals surface area contributed by atoms with Crippen LogP contribution in [0.1, 0.15) is 34.1 Å². The van der Waals surface area contributed by atoms with Gasteiger partial charge in [-0.1, -0.05) is 27.7 Å². The van der Waals surface area contributed by atoms with Gasteiger partial charge < -0.3 is 30.2 Å². The van der Waals surface area contributed by atoms with Crippen LogP contribution in [0.2, 0.25) is 0 Å². The standard InChI is InChI=1S/C13H23N3O7.C4H7NO3.C3H8S.C2H6/c1-3-15(8-12(20)21)4-5-16(9-13(22)23)6-10(17)14(2)7-11(18)19;1-5(3-6)2-4(7)8;1-2-3-4;1-2/h3-9H2,1-2H3,(H,18,19)(H,20,21)(H,22,23);3H,2H2,1H3,(H,7,8);4H,2-3H2,1H3;1-2H3. The summed E-state index contributed by atoms with van der Waals surface area (Å²) in [6.45, 7) is 7.29. The quantitative estimate of drug-likeness (QED) is 0.125. The summed E-state index contributed by atoms with van der Waals surface area (Å²) in [5.74, 6) is -3.78. The molecule has 218 valence electrons. The second kappa shape index (κ2) is 27.7. The van der Waals surface area contributed by atoms with E-state index in [-0.39, 0.29) is 32.7 Å². The molecule has 15 heteroatoms. The van der Waals surface area contributed by atoms with E-state index in [9.17, 15) is 28.8 Å². The summed E-state index contributed by atoms with van der Waals surface area (Å²) < 4.78 is 0. The lowest BCUT2D eigenvalue weighted by Gasteiger charge is -2.26. The Hall–Kier alpha value is -2.91. The van der Waals surface area contributed by atoms with E-state index in [4.69, 9.17) is 20.4 Å². The third-order valence-corrected chi connectivity index (χ3v) is 4.29. The molecular formula is C22H44N4O10S. The fraction of sp³-hybridized carbons (Fsp3) is 0.727. The third kappa shape index (κ3) is 33.1. The van der Waals surface area contributed by atoms with Crippen molar-refractivity contribution < 1.29 is 49.2 Å². The normalized spacial score (nSPS) is 9.43. The Morgan fingerprint density at radius 3 is 1.38 bits per heavy atom. The number of carboxylic acids is 4. The van der Waals surface area contributed by atoms with Crippen LogP contribution < -0.4 is 0 Å². The van der Waals surface area contributed by atoms with Crippen LogP contribution in [0.25, 0.3) is 0 Å². The van der Waals surface area contributed by atoms with E-state index >= 15 is 0 Å². The summed E-state index contributed by atoms with van der Waals surface area (Å²) in [6, 6.07) is 0. The monoisotopic (exact) mass is 556 g/mol. The Bertz CT molecular complexity index is 665. The molecule has 0 atom stereocenters. The molecule has 37 heavy (non-hydrogen) atoms. The number of hydrogen-bond donors (Lipinski definition) is 5. The molecular weight excluding hydrogens is 512 g/mol. The lowest BCUT2D eigenvalue weighted by atomic mass is 10.3. The van der Waals surface area contributed by atoms with Crippen molar-refractivity contribution in [3.63, 3.8) is 0 Å².